The summed E-state index contributed by atoms with van der Waals surface area (Å²) in [5, 5.41) is 11.3. The fourth-order valence-corrected chi connectivity index (χ4v) is 2.17. The Kier molecular flexibility index (Phi) is 6.63. The largest absolute Gasteiger partial charge is 0.453 e. The molecule has 1 N–H and O–H groups in total. The lowest BCUT2D eigenvalue weighted by atomic mass is 10.1. The first-order valence-corrected chi connectivity index (χ1v) is 8.08. The number of nitrogens with zero attached hydrogens (tertiary/aromatic N) is 1. The van der Waals surface area contributed by atoms with E-state index in [4.69, 9.17) is 10.00 Å². The summed E-state index contributed by atoms with van der Waals surface area (Å²) in [6, 6.07) is 17.0. The number of carbonyl (C=O) groups is 3. The van der Waals surface area contributed by atoms with Crippen LogP contribution in [0.2, 0.25) is 0 Å². The quantitative estimate of drug-likeness (QED) is 0.611. The summed E-state index contributed by atoms with van der Waals surface area (Å²) in [6.07, 6.45) is -1.07. The van der Waals surface area contributed by atoms with Crippen molar-refractivity contribution in [3.63, 3.8) is 0 Å². The molecule has 6 heteroatoms. The summed E-state index contributed by atoms with van der Waals surface area (Å²) in [7, 11) is 0. The lowest BCUT2D eigenvalue weighted by molar-refractivity contribution is -0.153. The van der Waals surface area contributed by atoms with E-state index in [9.17, 15) is 14.4 Å². The van der Waals surface area contributed by atoms with E-state index in [0.717, 1.165) is 0 Å². The number of benzene rings is 2. The number of ketones is 1. The van der Waals surface area contributed by atoms with E-state index in [-0.39, 0.29) is 18.6 Å². The standard InChI is InChI=1S/C20H18N2O4/c1-14(20(25)22-17-9-7-15(13-21)8-10-17)26-19(24)12-11-18(23)16-5-3-2-4-6-16/h2-10,14H,11-12H2,1H3,(H,22,25)/t14-/m1/s1. The van der Waals surface area contributed by atoms with Gasteiger partial charge in [-0.25, -0.2) is 0 Å². The van der Waals surface area contributed by atoms with Crippen molar-refractivity contribution in [3.05, 3.63) is 65.7 Å². The lowest BCUT2D eigenvalue weighted by Crippen LogP contribution is -2.30. The number of nitrogens with one attached hydrogen (secondary N) is 1. The number of esters is 1. The van der Waals surface area contributed by atoms with Gasteiger partial charge in [-0.2, -0.15) is 5.26 Å². The molecule has 132 valence electrons. The highest BCUT2D eigenvalue weighted by atomic mass is 16.5. The molecule has 1 amide bonds. The third-order valence-corrected chi connectivity index (χ3v) is 3.61. The minimum Gasteiger partial charge on any atom is -0.453 e. The smallest absolute Gasteiger partial charge is 0.307 e. The summed E-state index contributed by atoms with van der Waals surface area (Å²) >= 11 is 0. The number of Topliss-reactive ketones (excluding diaryl/α,β-unsaturated/α-hetero) is 1. The predicted octanol–water partition coefficient (Wildman–Crippen LogP) is 3.09. The van der Waals surface area contributed by atoms with Gasteiger partial charge in [-0.1, -0.05) is 30.3 Å². The van der Waals surface area contributed by atoms with Crippen LogP contribution in [0.15, 0.2) is 54.6 Å². The molecule has 0 aromatic heterocycles. The third kappa shape index (κ3) is 5.56. The van der Waals surface area contributed by atoms with Crippen LogP contribution in [-0.2, 0) is 14.3 Å². The molecular formula is C20H18N2O4. The Morgan fingerprint density at radius 2 is 1.69 bits per heavy atom. The van der Waals surface area contributed by atoms with Gasteiger partial charge in [0.2, 0.25) is 0 Å². The molecule has 0 aliphatic rings. The molecule has 0 aliphatic carbocycles. The van der Waals surface area contributed by atoms with E-state index in [1.807, 2.05) is 6.07 Å². The van der Waals surface area contributed by atoms with Gasteiger partial charge in [-0.15, -0.1) is 0 Å². The molecule has 0 saturated carbocycles. The Morgan fingerprint density at radius 3 is 2.31 bits per heavy atom. The second-order valence-corrected chi connectivity index (χ2v) is 5.60. The molecule has 2 aromatic rings. The highest BCUT2D eigenvalue weighted by Gasteiger charge is 2.19. The Labute approximate surface area is 151 Å². The van der Waals surface area contributed by atoms with Crippen molar-refractivity contribution in [2.45, 2.75) is 25.9 Å². The van der Waals surface area contributed by atoms with Crippen LogP contribution in [0.1, 0.15) is 35.7 Å². The first kappa shape index (κ1) is 18.9. The van der Waals surface area contributed by atoms with Crippen LogP contribution in [0.5, 0.6) is 0 Å². The normalized spacial score (nSPS) is 11.1. The van der Waals surface area contributed by atoms with Crippen LogP contribution in [0.25, 0.3) is 0 Å². The zero-order valence-electron chi connectivity index (χ0n) is 14.3. The molecule has 0 saturated heterocycles. The molecule has 0 aliphatic heterocycles. The molecule has 6 nitrogen and oxygen atoms in total. The van der Waals surface area contributed by atoms with Crippen molar-refractivity contribution in [2.75, 3.05) is 5.32 Å². The van der Waals surface area contributed by atoms with E-state index >= 15 is 0 Å². The van der Waals surface area contributed by atoms with Gasteiger partial charge in [-0.3, -0.25) is 14.4 Å². The Morgan fingerprint density at radius 1 is 1.04 bits per heavy atom. The zero-order chi connectivity index (χ0) is 18.9. The summed E-state index contributed by atoms with van der Waals surface area (Å²) in [5.74, 6) is -1.26. The maximum absolute atomic E-state index is 12.0. The molecule has 1 atom stereocenters. The second kappa shape index (κ2) is 9.14. The summed E-state index contributed by atoms with van der Waals surface area (Å²) < 4.78 is 5.06. The minimum atomic E-state index is -0.995. The van der Waals surface area contributed by atoms with Crippen LogP contribution >= 0.6 is 0 Å². The van der Waals surface area contributed by atoms with E-state index in [2.05, 4.69) is 5.32 Å². The average molecular weight is 350 g/mol. The number of carbonyl (C=O) groups excluding carboxylic acids is 3. The number of rotatable bonds is 7. The lowest BCUT2D eigenvalue weighted by Gasteiger charge is -2.13. The molecule has 2 aromatic carbocycles. The summed E-state index contributed by atoms with van der Waals surface area (Å²) in [5.41, 5.74) is 1.51. The Hall–Kier alpha value is -3.46. The van der Waals surface area contributed by atoms with Gasteiger partial charge >= 0.3 is 5.97 Å². The van der Waals surface area contributed by atoms with Crippen molar-refractivity contribution in [1.82, 2.24) is 0 Å². The topological polar surface area (TPSA) is 96.3 Å². The highest BCUT2D eigenvalue weighted by Crippen LogP contribution is 2.11. The van der Waals surface area contributed by atoms with Crippen molar-refractivity contribution >= 4 is 23.3 Å². The molecule has 0 radical (unpaired) electrons. The van der Waals surface area contributed by atoms with Crippen LogP contribution in [0.3, 0.4) is 0 Å². The van der Waals surface area contributed by atoms with Crippen LogP contribution in [0.4, 0.5) is 5.69 Å². The predicted molar refractivity (Wildman–Crippen MR) is 95.3 cm³/mol. The molecular weight excluding hydrogens is 332 g/mol. The van der Waals surface area contributed by atoms with Crippen molar-refractivity contribution in [3.8, 4) is 6.07 Å². The molecule has 0 bridgehead atoms. The molecule has 0 unspecified atom stereocenters. The van der Waals surface area contributed by atoms with E-state index in [1.165, 1.54) is 6.92 Å². The zero-order valence-corrected chi connectivity index (χ0v) is 14.3. The van der Waals surface area contributed by atoms with Gasteiger partial charge in [0.1, 0.15) is 0 Å². The first-order valence-electron chi connectivity index (χ1n) is 8.08. The van der Waals surface area contributed by atoms with E-state index in [0.29, 0.717) is 16.8 Å². The fourth-order valence-electron chi connectivity index (χ4n) is 2.17. The highest BCUT2D eigenvalue weighted by molar-refractivity contribution is 5.98. The molecule has 0 spiro atoms. The molecule has 2 rings (SSSR count). The number of hydrogen-bond acceptors (Lipinski definition) is 5. The fraction of sp³-hybridized carbons (Fsp3) is 0.200. The number of nitriles is 1. The van der Waals surface area contributed by atoms with Crippen molar-refractivity contribution in [2.24, 2.45) is 0 Å². The van der Waals surface area contributed by atoms with Crippen molar-refractivity contribution < 1.29 is 19.1 Å². The summed E-state index contributed by atoms with van der Waals surface area (Å²) in [6.45, 7) is 1.45. The number of hydrogen-bond donors (Lipinski definition) is 1. The molecule has 26 heavy (non-hydrogen) atoms. The van der Waals surface area contributed by atoms with E-state index in [1.54, 1.807) is 54.6 Å². The maximum Gasteiger partial charge on any atom is 0.307 e. The van der Waals surface area contributed by atoms with Crippen molar-refractivity contribution in [1.29, 1.82) is 5.26 Å². The van der Waals surface area contributed by atoms with Gasteiger partial charge in [0.15, 0.2) is 11.9 Å². The average Bonchev–Trinajstić information content (AvgIpc) is 2.67. The first-order chi connectivity index (χ1) is 12.5. The van der Waals surface area contributed by atoms with Crippen LogP contribution in [0, 0.1) is 11.3 Å². The van der Waals surface area contributed by atoms with Crippen LogP contribution in [-0.4, -0.2) is 23.8 Å². The number of ether oxygens (including phenoxy) is 1. The van der Waals surface area contributed by atoms with Gasteiger partial charge in [0, 0.05) is 17.7 Å². The third-order valence-electron chi connectivity index (χ3n) is 3.61. The number of anilines is 1. The second-order valence-electron chi connectivity index (χ2n) is 5.60. The maximum atomic E-state index is 12.0. The van der Waals surface area contributed by atoms with Gasteiger partial charge in [-0.05, 0) is 31.2 Å². The Balaban J connectivity index is 1.79. The summed E-state index contributed by atoms with van der Waals surface area (Å²) in [4.78, 5) is 35.8. The molecule has 0 heterocycles. The van der Waals surface area contributed by atoms with Gasteiger partial charge in [0.25, 0.3) is 5.91 Å². The number of amides is 1. The Bertz CT molecular complexity index is 823. The monoisotopic (exact) mass is 350 g/mol. The van der Waals surface area contributed by atoms with Gasteiger partial charge < -0.3 is 10.1 Å². The van der Waals surface area contributed by atoms with E-state index < -0.39 is 18.0 Å². The minimum absolute atomic E-state index is 0.0206. The van der Waals surface area contributed by atoms with Crippen LogP contribution < -0.4 is 5.32 Å². The molecule has 0 fully saturated rings. The van der Waals surface area contributed by atoms with Gasteiger partial charge in [0.05, 0.1) is 18.1 Å². The SMILES string of the molecule is C[C@@H](OC(=O)CCC(=O)c1ccccc1)C(=O)Nc1ccc(C#N)cc1.